The number of carbonyl (C=O) groups excluding carboxylic acids is 6. The number of piperidine rings is 1. The zero-order valence-corrected chi connectivity index (χ0v) is 36.2. The van der Waals surface area contributed by atoms with Gasteiger partial charge in [0.25, 0.3) is 0 Å². The Balaban J connectivity index is 1.26. The fourth-order valence-corrected chi connectivity index (χ4v) is 9.30. The summed E-state index contributed by atoms with van der Waals surface area (Å²) in [6, 6.07) is 1.47. The zero-order valence-electron chi connectivity index (χ0n) is 35.0. The number of esters is 1. The van der Waals surface area contributed by atoms with Gasteiger partial charge in [0.1, 0.15) is 17.8 Å². The number of hydrogen-bond donors (Lipinski definition) is 6. The smallest absolute Gasteiger partial charge is 0.333 e. The summed E-state index contributed by atoms with van der Waals surface area (Å²) in [5.74, 6) is -0.870. The lowest BCUT2D eigenvalue weighted by atomic mass is 9.53. The number of methoxy groups -OCH3 is 1. The number of amides is 3. The minimum absolute atomic E-state index is 0.0847. The molecular formula is C41H61N8O10P. The van der Waals surface area contributed by atoms with E-state index in [2.05, 4.69) is 48.8 Å². The SMILES string of the molecule is CN=C(N)NCCCC(NC(C)=O)C(=O)CCC(=O)NC(CCC(=O)NCCCCC(N)C(=O)OP)C(=O)OC1=CC[C@H]2[C@H]3Cc4ccc(OC)c5c4[C@@]2(CCN3C)[C@H]1O5. The predicted molar refractivity (Wildman–Crippen MR) is 225 cm³/mol. The number of carbonyl (C=O) groups is 6. The predicted octanol–water partition coefficient (Wildman–Crippen LogP) is 0.782. The summed E-state index contributed by atoms with van der Waals surface area (Å²) in [6.07, 6.45) is 5.28. The Morgan fingerprint density at radius 3 is 2.47 bits per heavy atom. The van der Waals surface area contributed by atoms with Gasteiger partial charge in [0.05, 0.1) is 22.6 Å². The number of ether oxygens (including phenoxy) is 3. The van der Waals surface area contributed by atoms with Crippen LogP contribution >= 0.6 is 9.47 Å². The van der Waals surface area contributed by atoms with Gasteiger partial charge in [0.2, 0.25) is 17.7 Å². The molecule has 60 heavy (non-hydrogen) atoms. The highest BCUT2D eigenvalue weighted by atomic mass is 31.0. The fraction of sp³-hybridized carbons (Fsp3) is 0.634. The van der Waals surface area contributed by atoms with Gasteiger partial charge in [0, 0.05) is 63.3 Å². The van der Waals surface area contributed by atoms with E-state index in [1.165, 1.54) is 12.5 Å². The Labute approximate surface area is 353 Å². The van der Waals surface area contributed by atoms with Gasteiger partial charge in [-0.2, -0.15) is 0 Å². The standard InChI is InChI=1S/C41H61N8O10P/c1-23(50)47-27(9-7-20-46-40(43)44-2)30(51)13-17-34(53)48-28(12-16-33(52)45-19-6-5-8-26(42)38(54)59-60)39(55)57-32-15-11-25-29-22-24-10-14-31(56-4)36-35(24)41(25,37(32)58-36)18-21-49(29)3/h10,14-15,25-29,37H,5-9,11-13,16-22,42,60H2,1-4H3,(H,45,52)(H,47,50)(H,48,53)(H3,43,44,46)/t25-,26?,27?,28?,29+,37-,41-/m0/s1. The molecule has 4 unspecified atom stereocenters. The largest absolute Gasteiger partial charge is 0.493 e. The van der Waals surface area contributed by atoms with Gasteiger partial charge in [-0.15, -0.1) is 0 Å². The molecule has 1 saturated heterocycles. The molecule has 19 heteroatoms. The third kappa shape index (κ3) is 10.7. The third-order valence-corrected chi connectivity index (χ3v) is 12.4. The van der Waals surface area contributed by atoms with Crippen molar-refractivity contribution in [3.63, 3.8) is 0 Å². The number of Topliss-reactive ketones (excluding diaryl/α,β-unsaturated/α-hetero) is 1. The first-order chi connectivity index (χ1) is 28.7. The van der Waals surface area contributed by atoms with Crippen LogP contribution < -0.4 is 42.2 Å². The van der Waals surface area contributed by atoms with Crippen LogP contribution in [0.4, 0.5) is 0 Å². The number of nitrogens with one attached hydrogen (secondary N) is 4. The van der Waals surface area contributed by atoms with Crippen molar-refractivity contribution < 1.29 is 47.5 Å². The third-order valence-electron chi connectivity index (χ3n) is 12.2. The first-order valence-electron chi connectivity index (χ1n) is 20.7. The second-order valence-corrected chi connectivity index (χ2v) is 16.2. The highest BCUT2D eigenvalue weighted by molar-refractivity contribution is 7.10. The molecule has 0 radical (unpaired) electrons. The van der Waals surface area contributed by atoms with Gasteiger partial charge < -0.3 is 56.4 Å². The van der Waals surface area contributed by atoms with Crippen LogP contribution in [0, 0.1) is 5.92 Å². The van der Waals surface area contributed by atoms with Gasteiger partial charge in [0.15, 0.2) is 29.3 Å². The van der Waals surface area contributed by atoms with E-state index in [-0.39, 0.29) is 61.2 Å². The topological polar surface area (TPSA) is 255 Å². The van der Waals surface area contributed by atoms with Gasteiger partial charge >= 0.3 is 11.9 Å². The molecule has 18 nitrogen and oxygen atoms in total. The molecule has 1 aromatic carbocycles. The molecule has 1 fully saturated rings. The molecule has 330 valence electrons. The number of nitrogens with zero attached hydrogens (tertiary/aromatic N) is 2. The number of likely N-dealkylation sites (N-methyl/N-ethyl adjacent to an activating group) is 1. The van der Waals surface area contributed by atoms with Crippen LogP contribution in [0.3, 0.4) is 0 Å². The molecule has 2 bridgehead atoms. The number of ketones is 1. The van der Waals surface area contributed by atoms with E-state index in [1.54, 1.807) is 14.2 Å². The minimum atomic E-state index is -1.24. The molecule has 1 spiro atoms. The van der Waals surface area contributed by atoms with Crippen LogP contribution in [0.25, 0.3) is 0 Å². The molecule has 8 atom stereocenters. The molecule has 4 aliphatic rings. The maximum atomic E-state index is 14.2. The second kappa shape index (κ2) is 21.1. The van der Waals surface area contributed by atoms with Crippen molar-refractivity contribution >= 4 is 50.9 Å². The van der Waals surface area contributed by atoms with Crippen LogP contribution in [-0.2, 0) is 49.9 Å². The molecule has 1 aromatic rings. The first kappa shape index (κ1) is 46.3. The van der Waals surface area contributed by atoms with Crippen molar-refractivity contribution in [1.29, 1.82) is 0 Å². The summed E-state index contributed by atoms with van der Waals surface area (Å²) in [5, 5.41) is 11.1. The Hall–Kier alpha value is -4.80. The van der Waals surface area contributed by atoms with Crippen molar-refractivity contribution in [2.75, 3.05) is 40.8 Å². The number of aliphatic imine (C=N–C) groups is 1. The van der Waals surface area contributed by atoms with E-state index in [0.717, 1.165) is 24.9 Å². The summed E-state index contributed by atoms with van der Waals surface area (Å²) < 4.78 is 23.2. The Kier molecular flexibility index (Phi) is 16.3. The molecule has 2 heterocycles. The number of unbranched alkanes of at least 4 members (excludes halogenated alkanes) is 1. The summed E-state index contributed by atoms with van der Waals surface area (Å²) in [6.45, 7) is 2.89. The monoisotopic (exact) mass is 856 g/mol. The van der Waals surface area contributed by atoms with E-state index in [9.17, 15) is 28.8 Å². The highest BCUT2D eigenvalue weighted by Gasteiger charge is 2.65. The number of guanidine groups is 1. The van der Waals surface area contributed by atoms with Gasteiger partial charge in [-0.05, 0) is 95.0 Å². The van der Waals surface area contributed by atoms with Gasteiger partial charge in [-0.3, -0.25) is 29.0 Å². The lowest BCUT2D eigenvalue weighted by Gasteiger charge is -2.56. The number of hydrogen-bond acceptors (Lipinski definition) is 13. The number of benzene rings is 1. The number of rotatable bonds is 22. The molecule has 0 aromatic heterocycles. The summed E-state index contributed by atoms with van der Waals surface area (Å²) in [4.78, 5) is 83.5. The van der Waals surface area contributed by atoms with Crippen molar-refractivity contribution in [3.8, 4) is 11.5 Å². The summed E-state index contributed by atoms with van der Waals surface area (Å²) >= 11 is 0. The van der Waals surface area contributed by atoms with Crippen molar-refractivity contribution in [3.05, 3.63) is 35.1 Å². The van der Waals surface area contributed by atoms with Gasteiger partial charge in [-0.25, -0.2) is 4.79 Å². The molecular weight excluding hydrogens is 795 g/mol. The summed E-state index contributed by atoms with van der Waals surface area (Å²) in [5.41, 5.74) is 13.3. The lowest BCUT2D eigenvalue weighted by Crippen LogP contribution is -2.63. The number of nitrogens with two attached hydrogens (primary N) is 2. The van der Waals surface area contributed by atoms with Crippen LogP contribution in [0.1, 0.15) is 88.7 Å². The number of likely N-dealkylation sites (tertiary alicyclic amines) is 1. The van der Waals surface area contributed by atoms with Crippen molar-refractivity contribution in [1.82, 2.24) is 26.2 Å². The maximum Gasteiger partial charge on any atom is 0.333 e. The Bertz CT molecular complexity index is 1840. The number of allylic oxidation sites excluding steroid dienone is 1. The Morgan fingerprint density at radius 2 is 1.75 bits per heavy atom. The minimum Gasteiger partial charge on any atom is -0.493 e. The van der Waals surface area contributed by atoms with E-state index in [4.69, 9.17) is 25.7 Å². The molecule has 0 saturated carbocycles. The van der Waals surface area contributed by atoms with Crippen LogP contribution in [0.5, 0.6) is 11.5 Å². The normalized spacial score (nSPS) is 22.7. The van der Waals surface area contributed by atoms with Crippen LogP contribution in [-0.4, -0.2) is 117 Å². The second-order valence-electron chi connectivity index (χ2n) is 16.0. The molecule has 2 aliphatic carbocycles. The first-order valence-corrected chi connectivity index (χ1v) is 21.2. The Morgan fingerprint density at radius 1 is 0.983 bits per heavy atom. The van der Waals surface area contributed by atoms with E-state index >= 15 is 0 Å². The van der Waals surface area contributed by atoms with Crippen molar-refractivity contribution in [2.45, 2.75) is 120 Å². The zero-order chi connectivity index (χ0) is 43.6. The molecule has 5 rings (SSSR count). The maximum absolute atomic E-state index is 14.2. The molecule has 8 N–H and O–H groups in total. The quantitative estimate of drug-likeness (QED) is 0.0310. The average molecular weight is 857 g/mol. The average Bonchev–Trinajstić information content (AvgIpc) is 3.59. The van der Waals surface area contributed by atoms with E-state index < -0.39 is 47.5 Å². The lowest BCUT2D eigenvalue weighted by molar-refractivity contribution is -0.147. The van der Waals surface area contributed by atoms with Gasteiger partial charge in [-0.1, -0.05) is 6.07 Å². The van der Waals surface area contributed by atoms with Crippen molar-refractivity contribution in [2.24, 2.45) is 22.4 Å². The fourth-order valence-electron chi connectivity index (χ4n) is 9.12. The molecule has 2 aliphatic heterocycles. The highest BCUT2D eigenvalue weighted by Crippen LogP contribution is 2.63. The van der Waals surface area contributed by atoms with E-state index in [0.29, 0.717) is 68.9 Å². The molecule has 3 amide bonds. The van der Waals surface area contributed by atoms with E-state index in [1.807, 2.05) is 21.6 Å². The van der Waals surface area contributed by atoms with Crippen LogP contribution in [0.2, 0.25) is 0 Å². The summed E-state index contributed by atoms with van der Waals surface area (Å²) in [7, 11) is 7.17. The van der Waals surface area contributed by atoms with Crippen LogP contribution in [0.15, 0.2) is 29.0 Å².